The van der Waals surface area contributed by atoms with Crippen molar-refractivity contribution in [2.24, 2.45) is 0 Å². The maximum atomic E-state index is 10.7. The van der Waals surface area contributed by atoms with E-state index in [1.165, 1.54) is 6.33 Å². The highest BCUT2D eigenvalue weighted by Crippen LogP contribution is 2.14. The molecule has 1 fully saturated rings. The molecule has 1 aliphatic rings. The second-order valence-corrected chi connectivity index (χ2v) is 3.36. The molecule has 1 aliphatic heterocycles. The van der Waals surface area contributed by atoms with Gasteiger partial charge in [0.2, 0.25) is 0 Å². The summed E-state index contributed by atoms with van der Waals surface area (Å²) in [4.78, 5) is 28.1. The minimum absolute atomic E-state index is 0.299. The fourth-order valence-electron chi connectivity index (χ4n) is 1.35. The third-order valence-electron chi connectivity index (χ3n) is 2.19. The summed E-state index contributed by atoms with van der Waals surface area (Å²) in [7, 11) is 0. The van der Waals surface area contributed by atoms with Gasteiger partial charge in [-0.1, -0.05) is 0 Å². The molecular weight excluding hydrogens is 216 g/mol. The van der Waals surface area contributed by atoms with Crippen LogP contribution >= 0.6 is 0 Å². The van der Waals surface area contributed by atoms with E-state index in [1.54, 1.807) is 6.20 Å². The number of cyclic esters (lactones) is 2. The monoisotopic (exact) mass is 226 g/mol. The Hall–Kier alpha value is -1.89. The Morgan fingerprint density at radius 3 is 2.69 bits per heavy atom. The van der Waals surface area contributed by atoms with Crippen molar-refractivity contribution in [1.29, 1.82) is 0 Å². The van der Waals surface area contributed by atoms with Crippen molar-refractivity contribution in [3.8, 4) is 0 Å². The second-order valence-electron chi connectivity index (χ2n) is 3.36. The van der Waals surface area contributed by atoms with Gasteiger partial charge in [-0.2, -0.15) is 0 Å². The molecule has 0 aromatic carbocycles. The standard InChI is InChI=1S/C9H10N2O5/c12-6(2-1-5-3-10-4-11-5)9-15-7(13)8(14)16-9/h3-4,6,9,12H,1-2H2,(H,10,11). The molecule has 86 valence electrons. The number of esters is 2. The Morgan fingerprint density at radius 2 is 2.12 bits per heavy atom. The van der Waals surface area contributed by atoms with E-state index in [0.29, 0.717) is 12.8 Å². The third-order valence-corrected chi connectivity index (χ3v) is 2.19. The van der Waals surface area contributed by atoms with Crippen LogP contribution in [0.4, 0.5) is 0 Å². The number of nitrogens with zero attached hydrogens (tertiary/aromatic N) is 1. The predicted molar refractivity (Wildman–Crippen MR) is 48.9 cm³/mol. The molecule has 1 unspecified atom stereocenters. The number of rotatable bonds is 4. The zero-order valence-corrected chi connectivity index (χ0v) is 8.25. The number of ether oxygens (including phenoxy) is 2. The van der Waals surface area contributed by atoms with Crippen LogP contribution in [0.15, 0.2) is 12.5 Å². The van der Waals surface area contributed by atoms with Crippen LogP contribution in [0.5, 0.6) is 0 Å². The van der Waals surface area contributed by atoms with E-state index >= 15 is 0 Å². The Bertz CT molecular complexity index is 373. The molecule has 2 heterocycles. The van der Waals surface area contributed by atoms with E-state index in [0.717, 1.165) is 5.69 Å². The van der Waals surface area contributed by atoms with Crippen LogP contribution in [0.2, 0.25) is 0 Å². The van der Waals surface area contributed by atoms with E-state index < -0.39 is 24.3 Å². The van der Waals surface area contributed by atoms with E-state index in [9.17, 15) is 14.7 Å². The number of aromatic nitrogens is 2. The first-order valence-electron chi connectivity index (χ1n) is 4.73. The van der Waals surface area contributed by atoms with Crippen LogP contribution in [0.25, 0.3) is 0 Å². The molecule has 7 heteroatoms. The summed E-state index contributed by atoms with van der Waals surface area (Å²) in [5.74, 6) is -2.13. The third kappa shape index (κ3) is 2.19. The largest absolute Gasteiger partial charge is 0.420 e. The number of carbonyl (C=O) groups is 2. The molecule has 2 N–H and O–H groups in total. The molecule has 2 rings (SSSR count). The Balaban J connectivity index is 1.82. The number of nitrogens with one attached hydrogen (secondary N) is 1. The van der Waals surface area contributed by atoms with Gasteiger partial charge < -0.3 is 19.6 Å². The van der Waals surface area contributed by atoms with Crippen LogP contribution in [-0.4, -0.2) is 39.4 Å². The number of hydrogen-bond donors (Lipinski definition) is 2. The Labute approximate surface area is 90.4 Å². The highest BCUT2D eigenvalue weighted by atomic mass is 16.8. The summed E-state index contributed by atoms with van der Waals surface area (Å²) in [6, 6.07) is 0. The van der Waals surface area contributed by atoms with Gasteiger partial charge in [0.05, 0.1) is 6.33 Å². The molecular formula is C9H10N2O5. The van der Waals surface area contributed by atoms with Gasteiger partial charge in [-0.05, 0) is 12.8 Å². The molecule has 7 nitrogen and oxygen atoms in total. The number of aryl methyl sites for hydroxylation is 1. The summed E-state index contributed by atoms with van der Waals surface area (Å²) >= 11 is 0. The summed E-state index contributed by atoms with van der Waals surface area (Å²) in [6.07, 6.45) is 1.75. The number of aliphatic hydroxyl groups excluding tert-OH is 1. The van der Waals surface area contributed by atoms with E-state index in [2.05, 4.69) is 19.4 Å². The molecule has 1 aromatic rings. The van der Waals surface area contributed by atoms with Gasteiger partial charge in [0.25, 0.3) is 6.29 Å². The van der Waals surface area contributed by atoms with Gasteiger partial charge in [-0.25, -0.2) is 14.6 Å². The summed E-state index contributed by atoms with van der Waals surface area (Å²) in [5, 5.41) is 9.59. The average molecular weight is 226 g/mol. The topological polar surface area (TPSA) is 102 Å². The van der Waals surface area contributed by atoms with Crippen molar-refractivity contribution in [3.05, 3.63) is 18.2 Å². The van der Waals surface area contributed by atoms with Crippen molar-refractivity contribution >= 4 is 11.9 Å². The van der Waals surface area contributed by atoms with Crippen molar-refractivity contribution in [1.82, 2.24) is 9.97 Å². The lowest BCUT2D eigenvalue weighted by Gasteiger charge is -2.14. The summed E-state index contributed by atoms with van der Waals surface area (Å²) in [5.41, 5.74) is 0.842. The van der Waals surface area contributed by atoms with Crippen LogP contribution in [0, 0.1) is 0 Å². The molecule has 0 amide bonds. The van der Waals surface area contributed by atoms with Crippen LogP contribution in [0.3, 0.4) is 0 Å². The van der Waals surface area contributed by atoms with Crippen molar-refractivity contribution < 1.29 is 24.2 Å². The summed E-state index contributed by atoms with van der Waals surface area (Å²) < 4.78 is 9.04. The first-order chi connectivity index (χ1) is 7.66. The fraction of sp³-hybridized carbons (Fsp3) is 0.444. The van der Waals surface area contributed by atoms with Crippen LogP contribution < -0.4 is 0 Å². The molecule has 0 bridgehead atoms. The van der Waals surface area contributed by atoms with E-state index in [-0.39, 0.29) is 0 Å². The minimum Gasteiger partial charge on any atom is -0.414 e. The fourth-order valence-corrected chi connectivity index (χ4v) is 1.35. The van der Waals surface area contributed by atoms with Gasteiger partial charge >= 0.3 is 11.9 Å². The highest BCUT2D eigenvalue weighted by Gasteiger charge is 2.38. The number of hydrogen-bond acceptors (Lipinski definition) is 6. The predicted octanol–water partition coefficient (Wildman–Crippen LogP) is -0.871. The lowest BCUT2D eigenvalue weighted by molar-refractivity contribution is -0.158. The molecule has 0 radical (unpaired) electrons. The van der Waals surface area contributed by atoms with Gasteiger partial charge in [-0.3, -0.25) is 0 Å². The zero-order valence-electron chi connectivity index (χ0n) is 8.25. The average Bonchev–Trinajstić information content (AvgIpc) is 2.86. The maximum absolute atomic E-state index is 10.7. The van der Waals surface area contributed by atoms with Crippen LogP contribution in [-0.2, 0) is 25.5 Å². The van der Waals surface area contributed by atoms with E-state index in [4.69, 9.17) is 0 Å². The van der Waals surface area contributed by atoms with E-state index in [1.807, 2.05) is 0 Å². The molecule has 0 saturated carbocycles. The maximum Gasteiger partial charge on any atom is 0.420 e. The Kier molecular flexibility index (Phi) is 2.86. The quantitative estimate of drug-likeness (QED) is 0.511. The first-order valence-corrected chi connectivity index (χ1v) is 4.73. The van der Waals surface area contributed by atoms with Gasteiger partial charge in [0.1, 0.15) is 6.10 Å². The molecule has 16 heavy (non-hydrogen) atoms. The van der Waals surface area contributed by atoms with Crippen molar-refractivity contribution in [3.63, 3.8) is 0 Å². The van der Waals surface area contributed by atoms with Crippen LogP contribution in [0.1, 0.15) is 12.1 Å². The number of carbonyl (C=O) groups excluding carboxylic acids is 2. The smallest absolute Gasteiger partial charge is 0.414 e. The minimum atomic E-state index is -1.19. The molecule has 1 aromatic heterocycles. The van der Waals surface area contributed by atoms with Gasteiger partial charge in [-0.15, -0.1) is 0 Å². The number of H-pyrrole nitrogens is 1. The molecule has 0 spiro atoms. The zero-order chi connectivity index (χ0) is 11.5. The molecule has 1 atom stereocenters. The molecule has 1 saturated heterocycles. The first kappa shape index (κ1) is 10.6. The second kappa shape index (κ2) is 4.31. The highest BCUT2D eigenvalue weighted by molar-refractivity contribution is 6.30. The number of aliphatic hydroxyl groups is 1. The van der Waals surface area contributed by atoms with Gasteiger partial charge in [0.15, 0.2) is 0 Å². The Morgan fingerprint density at radius 1 is 1.44 bits per heavy atom. The van der Waals surface area contributed by atoms with Gasteiger partial charge in [0, 0.05) is 11.9 Å². The normalized spacial score (nSPS) is 18.3. The van der Waals surface area contributed by atoms with Crippen molar-refractivity contribution in [2.45, 2.75) is 25.2 Å². The number of imidazole rings is 1. The lowest BCUT2D eigenvalue weighted by atomic mass is 10.1. The van der Waals surface area contributed by atoms with Crippen molar-refractivity contribution in [2.75, 3.05) is 0 Å². The summed E-state index contributed by atoms with van der Waals surface area (Å²) in [6.45, 7) is 0. The lowest BCUT2D eigenvalue weighted by Crippen LogP contribution is -2.27. The number of aromatic amines is 1. The molecule has 0 aliphatic carbocycles. The SMILES string of the molecule is O=C1OC(C(O)CCc2cnc[nH]2)OC1=O.